The van der Waals surface area contributed by atoms with Crippen LogP contribution in [0, 0.1) is 0 Å². The Kier molecular flexibility index (Phi) is 3.43. The third-order valence-electron chi connectivity index (χ3n) is 3.53. The van der Waals surface area contributed by atoms with Crippen molar-refractivity contribution in [1.82, 2.24) is 15.1 Å². The predicted octanol–water partition coefficient (Wildman–Crippen LogP) is -0.571. The summed E-state index contributed by atoms with van der Waals surface area (Å²) in [4.78, 5) is 27.0. The second-order valence-electron chi connectivity index (χ2n) is 4.54. The van der Waals surface area contributed by atoms with Crippen LogP contribution < -0.4 is 5.32 Å². The standard InChI is InChI=1S/C11H19N3O2/c1-13(9-3-2-4-9)10(15)11(16)14-7-5-12-6-8-14/h9,12H,2-8H2,1H3. The molecule has 2 amide bonds. The van der Waals surface area contributed by atoms with Crippen molar-refractivity contribution < 1.29 is 9.59 Å². The van der Waals surface area contributed by atoms with E-state index in [-0.39, 0.29) is 11.8 Å². The fraction of sp³-hybridized carbons (Fsp3) is 0.818. The van der Waals surface area contributed by atoms with Crippen LogP contribution in [0.5, 0.6) is 0 Å². The van der Waals surface area contributed by atoms with E-state index in [0.717, 1.165) is 25.9 Å². The first kappa shape index (κ1) is 11.4. The normalized spacial score (nSPS) is 21.4. The molecule has 1 aliphatic heterocycles. The van der Waals surface area contributed by atoms with E-state index in [1.54, 1.807) is 16.8 Å². The van der Waals surface area contributed by atoms with Gasteiger partial charge in [0.1, 0.15) is 0 Å². The zero-order valence-corrected chi connectivity index (χ0v) is 9.74. The minimum atomic E-state index is -0.341. The minimum absolute atomic E-state index is 0.291. The van der Waals surface area contributed by atoms with Gasteiger partial charge in [-0.2, -0.15) is 0 Å². The van der Waals surface area contributed by atoms with Gasteiger partial charge in [0, 0.05) is 39.3 Å². The number of hydrogen-bond acceptors (Lipinski definition) is 3. The molecule has 1 heterocycles. The second-order valence-corrected chi connectivity index (χ2v) is 4.54. The molecular weight excluding hydrogens is 206 g/mol. The van der Waals surface area contributed by atoms with Crippen LogP contribution in [-0.2, 0) is 9.59 Å². The van der Waals surface area contributed by atoms with Gasteiger partial charge in [-0.3, -0.25) is 9.59 Å². The van der Waals surface area contributed by atoms with E-state index < -0.39 is 0 Å². The maximum atomic E-state index is 11.9. The molecule has 0 atom stereocenters. The Morgan fingerprint density at radius 1 is 1.25 bits per heavy atom. The van der Waals surface area contributed by atoms with Gasteiger partial charge in [-0.25, -0.2) is 0 Å². The van der Waals surface area contributed by atoms with Crippen LogP contribution in [0.25, 0.3) is 0 Å². The quantitative estimate of drug-likeness (QED) is 0.608. The maximum absolute atomic E-state index is 11.9. The molecule has 0 aromatic carbocycles. The molecule has 0 unspecified atom stereocenters. The van der Waals surface area contributed by atoms with Gasteiger partial charge < -0.3 is 15.1 Å². The van der Waals surface area contributed by atoms with Gasteiger partial charge in [0.15, 0.2) is 0 Å². The summed E-state index contributed by atoms with van der Waals surface area (Å²) in [5.74, 6) is -0.678. The van der Waals surface area contributed by atoms with Crippen molar-refractivity contribution in [3.63, 3.8) is 0 Å². The van der Waals surface area contributed by atoms with Crippen molar-refractivity contribution in [2.24, 2.45) is 0 Å². The maximum Gasteiger partial charge on any atom is 0.312 e. The van der Waals surface area contributed by atoms with E-state index in [1.807, 2.05) is 0 Å². The highest BCUT2D eigenvalue weighted by molar-refractivity contribution is 6.34. The number of carbonyl (C=O) groups excluding carboxylic acids is 2. The topological polar surface area (TPSA) is 52.7 Å². The SMILES string of the molecule is CN(C(=O)C(=O)N1CCNCC1)C1CCC1. The van der Waals surface area contributed by atoms with Crippen LogP contribution in [0.2, 0.25) is 0 Å². The molecule has 0 aromatic rings. The first-order valence-electron chi connectivity index (χ1n) is 5.97. The number of carbonyl (C=O) groups is 2. The van der Waals surface area contributed by atoms with E-state index in [9.17, 15) is 9.59 Å². The van der Waals surface area contributed by atoms with Gasteiger partial charge in [-0.1, -0.05) is 0 Å². The molecule has 16 heavy (non-hydrogen) atoms. The highest BCUT2D eigenvalue weighted by atomic mass is 16.2. The fourth-order valence-electron chi connectivity index (χ4n) is 2.09. The Bertz CT molecular complexity index is 271. The summed E-state index contributed by atoms with van der Waals surface area (Å²) in [7, 11) is 1.74. The van der Waals surface area contributed by atoms with Gasteiger partial charge in [0.2, 0.25) is 0 Å². The van der Waals surface area contributed by atoms with Crippen molar-refractivity contribution in [2.45, 2.75) is 25.3 Å². The number of nitrogens with one attached hydrogen (secondary N) is 1. The number of likely N-dealkylation sites (N-methyl/N-ethyl adjacent to an activating group) is 1. The second kappa shape index (κ2) is 4.82. The Balaban J connectivity index is 1.89. The first-order chi connectivity index (χ1) is 7.70. The molecular formula is C11H19N3O2. The largest absolute Gasteiger partial charge is 0.335 e. The van der Waals surface area contributed by atoms with Gasteiger partial charge >= 0.3 is 11.8 Å². The van der Waals surface area contributed by atoms with Crippen LogP contribution in [0.15, 0.2) is 0 Å². The number of amides is 2. The van der Waals surface area contributed by atoms with Gasteiger partial charge in [-0.15, -0.1) is 0 Å². The number of rotatable bonds is 1. The summed E-state index contributed by atoms with van der Waals surface area (Å²) < 4.78 is 0. The van der Waals surface area contributed by atoms with Crippen LogP contribution in [0.4, 0.5) is 0 Å². The average Bonchev–Trinajstić information content (AvgIpc) is 2.26. The van der Waals surface area contributed by atoms with Gasteiger partial charge in [-0.05, 0) is 19.3 Å². The number of nitrogens with zero attached hydrogens (tertiary/aromatic N) is 2. The molecule has 0 bridgehead atoms. The van der Waals surface area contributed by atoms with E-state index in [0.29, 0.717) is 19.1 Å². The number of hydrogen-bond donors (Lipinski definition) is 1. The molecule has 0 spiro atoms. The Morgan fingerprint density at radius 3 is 2.38 bits per heavy atom. The Morgan fingerprint density at radius 2 is 1.88 bits per heavy atom. The molecule has 2 fully saturated rings. The molecule has 90 valence electrons. The third-order valence-corrected chi connectivity index (χ3v) is 3.53. The molecule has 1 N–H and O–H groups in total. The summed E-state index contributed by atoms with van der Waals surface area (Å²) >= 11 is 0. The highest BCUT2D eigenvalue weighted by Gasteiger charge is 2.32. The summed E-state index contributed by atoms with van der Waals surface area (Å²) in [5.41, 5.74) is 0. The lowest BCUT2D eigenvalue weighted by atomic mass is 9.92. The Hall–Kier alpha value is -1.10. The molecule has 0 aromatic heterocycles. The van der Waals surface area contributed by atoms with Crippen molar-refractivity contribution in [3.8, 4) is 0 Å². The number of piperazine rings is 1. The molecule has 1 saturated carbocycles. The van der Waals surface area contributed by atoms with E-state index in [1.165, 1.54) is 6.42 Å². The molecule has 5 heteroatoms. The van der Waals surface area contributed by atoms with Crippen LogP contribution in [0.3, 0.4) is 0 Å². The smallest absolute Gasteiger partial charge is 0.312 e. The van der Waals surface area contributed by atoms with Crippen LogP contribution >= 0.6 is 0 Å². The van der Waals surface area contributed by atoms with Gasteiger partial charge in [0.05, 0.1) is 0 Å². The van der Waals surface area contributed by atoms with Crippen molar-refractivity contribution >= 4 is 11.8 Å². The van der Waals surface area contributed by atoms with E-state index in [2.05, 4.69) is 5.32 Å². The molecule has 2 aliphatic rings. The summed E-state index contributed by atoms with van der Waals surface area (Å²) in [6.45, 7) is 2.85. The molecule has 5 nitrogen and oxygen atoms in total. The molecule has 1 saturated heterocycles. The summed E-state index contributed by atoms with van der Waals surface area (Å²) in [6.07, 6.45) is 3.25. The van der Waals surface area contributed by atoms with Crippen molar-refractivity contribution in [2.75, 3.05) is 33.2 Å². The van der Waals surface area contributed by atoms with E-state index in [4.69, 9.17) is 0 Å². The van der Waals surface area contributed by atoms with Crippen LogP contribution in [0.1, 0.15) is 19.3 Å². The van der Waals surface area contributed by atoms with Crippen LogP contribution in [-0.4, -0.2) is 60.9 Å². The zero-order chi connectivity index (χ0) is 11.5. The fourth-order valence-corrected chi connectivity index (χ4v) is 2.09. The predicted molar refractivity (Wildman–Crippen MR) is 59.9 cm³/mol. The lowest BCUT2D eigenvalue weighted by Crippen LogP contribution is -2.53. The average molecular weight is 225 g/mol. The minimum Gasteiger partial charge on any atom is -0.335 e. The zero-order valence-electron chi connectivity index (χ0n) is 9.74. The first-order valence-corrected chi connectivity index (χ1v) is 5.97. The lowest BCUT2D eigenvalue weighted by Gasteiger charge is -2.36. The summed E-state index contributed by atoms with van der Waals surface area (Å²) in [6, 6.07) is 0.291. The van der Waals surface area contributed by atoms with E-state index >= 15 is 0 Å². The Labute approximate surface area is 95.8 Å². The van der Waals surface area contributed by atoms with Crippen molar-refractivity contribution in [1.29, 1.82) is 0 Å². The summed E-state index contributed by atoms with van der Waals surface area (Å²) in [5, 5.41) is 3.16. The lowest BCUT2D eigenvalue weighted by molar-refractivity contribution is -0.153. The molecule has 1 aliphatic carbocycles. The highest BCUT2D eigenvalue weighted by Crippen LogP contribution is 2.23. The van der Waals surface area contributed by atoms with Gasteiger partial charge in [0.25, 0.3) is 0 Å². The molecule has 2 rings (SSSR count). The van der Waals surface area contributed by atoms with Crippen molar-refractivity contribution in [3.05, 3.63) is 0 Å². The third kappa shape index (κ3) is 2.19. The molecule has 0 radical (unpaired) electrons. The monoisotopic (exact) mass is 225 g/mol.